The molecule has 13 rings (SSSR count). The standard InChI is InChI=1S/C60H39NO2/c1-2-13-42-37-59-55(35-41(42)12-1)54-36-43(28-34-58(54)62-59)48-15-5-7-21-56(48)61(45-31-25-40(26-32-45)49-18-10-20-53-52-16-6-8-22-57(52)63-60(49)53)44-29-23-39(24-30-44)47-17-9-19-50-46-14-4-3-11-38(46)27-33-51(47)50/h1-37,54,58H. The van der Waals surface area contributed by atoms with E-state index < -0.39 is 0 Å². The van der Waals surface area contributed by atoms with Gasteiger partial charge in [-0.05, 0) is 109 Å². The first-order valence-electron chi connectivity index (χ1n) is 21.7. The maximum atomic E-state index is 6.56. The van der Waals surface area contributed by atoms with E-state index in [2.05, 4.69) is 217 Å². The third-order valence-electron chi connectivity index (χ3n) is 13.2. The normalized spacial score (nSPS) is 15.5. The maximum absolute atomic E-state index is 6.56. The van der Waals surface area contributed by atoms with Crippen LogP contribution in [0.2, 0.25) is 0 Å². The molecule has 0 amide bonds. The number of benzene rings is 10. The van der Waals surface area contributed by atoms with Crippen LogP contribution in [0, 0.1) is 0 Å². The minimum absolute atomic E-state index is 0.0350. The highest BCUT2D eigenvalue weighted by atomic mass is 16.5. The highest BCUT2D eigenvalue weighted by Crippen LogP contribution is 2.48. The molecule has 2 aliphatic rings. The maximum Gasteiger partial charge on any atom is 0.143 e. The van der Waals surface area contributed by atoms with Gasteiger partial charge in [0.2, 0.25) is 0 Å². The topological polar surface area (TPSA) is 25.6 Å². The molecule has 0 spiro atoms. The molecule has 1 aromatic heterocycles. The molecule has 3 heteroatoms. The molecule has 2 unspecified atom stereocenters. The predicted molar refractivity (Wildman–Crippen MR) is 263 cm³/mol. The zero-order valence-corrected chi connectivity index (χ0v) is 34.3. The molecular formula is C60H39NO2. The van der Waals surface area contributed by atoms with Crippen LogP contribution in [-0.4, -0.2) is 6.10 Å². The van der Waals surface area contributed by atoms with Crippen molar-refractivity contribution >= 4 is 76.9 Å². The monoisotopic (exact) mass is 805 g/mol. The smallest absolute Gasteiger partial charge is 0.143 e. The van der Waals surface area contributed by atoms with Crippen LogP contribution in [0.4, 0.5) is 17.1 Å². The number of allylic oxidation sites excluding steroid dienone is 2. The van der Waals surface area contributed by atoms with Gasteiger partial charge in [0.15, 0.2) is 0 Å². The van der Waals surface area contributed by atoms with E-state index in [1.807, 2.05) is 12.1 Å². The van der Waals surface area contributed by atoms with Crippen LogP contribution in [0.3, 0.4) is 0 Å². The summed E-state index contributed by atoms with van der Waals surface area (Å²) in [5.74, 6) is 1.09. The number of hydrogen-bond acceptors (Lipinski definition) is 3. The summed E-state index contributed by atoms with van der Waals surface area (Å²) in [7, 11) is 0. The minimum Gasteiger partial charge on any atom is -0.485 e. The summed E-state index contributed by atoms with van der Waals surface area (Å²) in [5, 5.41) is 9.73. The Morgan fingerprint density at radius 2 is 1.05 bits per heavy atom. The van der Waals surface area contributed by atoms with Crippen LogP contribution in [0.15, 0.2) is 229 Å². The lowest BCUT2D eigenvalue weighted by Crippen LogP contribution is -2.18. The molecule has 3 nitrogen and oxygen atoms in total. The fourth-order valence-corrected chi connectivity index (χ4v) is 10.2. The van der Waals surface area contributed by atoms with Gasteiger partial charge < -0.3 is 14.1 Å². The number of anilines is 3. The summed E-state index contributed by atoms with van der Waals surface area (Å²) in [6, 6.07) is 74.4. The Labute approximate surface area is 365 Å². The van der Waals surface area contributed by atoms with Gasteiger partial charge in [-0.15, -0.1) is 0 Å². The van der Waals surface area contributed by atoms with Crippen LogP contribution >= 0.6 is 0 Å². The molecule has 0 radical (unpaired) electrons. The third kappa shape index (κ3) is 5.81. The summed E-state index contributed by atoms with van der Waals surface area (Å²) in [4.78, 5) is 2.40. The Balaban J connectivity index is 0.935. The number of nitrogens with zero attached hydrogens (tertiary/aromatic N) is 1. The summed E-state index contributed by atoms with van der Waals surface area (Å²) >= 11 is 0. The Morgan fingerprint density at radius 3 is 1.86 bits per heavy atom. The van der Waals surface area contributed by atoms with E-state index in [0.717, 1.165) is 61.4 Å². The first kappa shape index (κ1) is 35.6. The van der Waals surface area contributed by atoms with Gasteiger partial charge in [0.05, 0.1) is 5.69 Å². The molecule has 0 N–H and O–H groups in total. The largest absolute Gasteiger partial charge is 0.485 e. The Kier molecular flexibility index (Phi) is 8.04. The lowest BCUT2D eigenvalue weighted by Gasteiger charge is -2.29. The van der Waals surface area contributed by atoms with Crippen molar-refractivity contribution in [3.8, 4) is 28.0 Å². The van der Waals surface area contributed by atoms with Crippen LogP contribution in [0.5, 0.6) is 5.75 Å². The number of hydrogen-bond donors (Lipinski definition) is 0. The van der Waals surface area contributed by atoms with Crippen molar-refractivity contribution < 1.29 is 9.15 Å². The van der Waals surface area contributed by atoms with Gasteiger partial charge >= 0.3 is 0 Å². The molecule has 0 bridgehead atoms. The van der Waals surface area contributed by atoms with Gasteiger partial charge in [-0.2, -0.15) is 0 Å². The average molecular weight is 806 g/mol. The molecule has 0 saturated carbocycles. The highest BCUT2D eigenvalue weighted by Gasteiger charge is 2.34. The van der Waals surface area contributed by atoms with Crippen LogP contribution in [0.1, 0.15) is 17.0 Å². The van der Waals surface area contributed by atoms with E-state index in [9.17, 15) is 0 Å². The van der Waals surface area contributed by atoms with Gasteiger partial charge in [0.1, 0.15) is 23.0 Å². The van der Waals surface area contributed by atoms with Crippen molar-refractivity contribution in [1.29, 1.82) is 0 Å². The molecule has 10 aromatic carbocycles. The summed E-state index contributed by atoms with van der Waals surface area (Å²) < 4.78 is 13.0. The molecule has 1 aliphatic carbocycles. The van der Waals surface area contributed by atoms with E-state index in [-0.39, 0.29) is 12.0 Å². The molecule has 1 aliphatic heterocycles. The second-order valence-corrected chi connectivity index (χ2v) is 16.7. The van der Waals surface area contributed by atoms with E-state index >= 15 is 0 Å². The molecule has 63 heavy (non-hydrogen) atoms. The molecule has 11 aromatic rings. The Hall–Kier alpha value is -8.14. The predicted octanol–water partition coefficient (Wildman–Crippen LogP) is 16.3. The van der Waals surface area contributed by atoms with E-state index in [1.165, 1.54) is 54.6 Å². The highest BCUT2D eigenvalue weighted by molar-refractivity contribution is 6.12. The minimum atomic E-state index is -0.0350. The van der Waals surface area contributed by atoms with Gasteiger partial charge in [0.25, 0.3) is 0 Å². The van der Waals surface area contributed by atoms with Crippen LogP contribution < -0.4 is 9.64 Å². The van der Waals surface area contributed by atoms with Crippen molar-refractivity contribution in [1.82, 2.24) is 0 Å². The Morgan fingerprint density at radius 1 is 0.429 bits per heavy atom. The zero-order chi connectivity index (χ0) is 41.4. The first-order chi connectivity index (χ1) is 31.2. The SMILES string of the molecule is C1=CC2Oc3cc4ccccc4cc3C2C=C1c1ccccc1N(c1ccc(-c2cccc3c2ccc2ccccc23)cc1)c1ccc(-c2cccc3c2oc2ccccc23)cc1. The van der Waals surface area contributed by atoms with Crippen molar-refractivity contribution in [2.45, 2.75) is 12.0 Å². The van der Waals surface area contributed by atoms with Crippen LogP contribution in [0.25, 0.3) is 82.1 Å². The molecule has 296 valence electrons. The number of furan rings is 1. The summed E-state index contributed by atoms with van der Waals surface area (Å²) in [6.45, 7) is 0. The Bertz CT molecular complexity index is 3670. The van der Waals surface area contributed by atoms with Gasteiger partial charge in [-0.3, -0.25) is 0 Å². The number of ether oxygens (including phenoxy) is 1. The first-order valence-corrected chi connectivity index (χ1v) is 21.7. The third-order valence-corrected chi connectivity index (χ3v) is 13.2. The lowest BCUT2D eigenvalue weighted by molar-refractivity contribution is 0.269. The van der Waals surface area contributed by atoms with E-state index in [4.69, 9.17) is 9.15 Å². The molecule has 2 heterocycles. The quantitative estimate of drug-likeness (QED) is 0.157. The number of para-hydroxylation sites is 3. The van der Waals surface area contributed by atoms with Crippen molar-refractivity contribution in [3.63, 3.8) is 0 Å². The van der Waals surface area contributed by atoms with E-state index in [0.29, 0.717) is 0 Å². The van der Waals surface area contributed by atoms with Crippen molar-refractivity contribution in [2.75, 3.05) is 4.90 Å². The van der Waals surface area contributed by atoms with Crippen LogP contribution in [-0.2, 0) is 0 Å². The van der Waals surface area contributed by atoms with Gasteiger partial charge in [-0.1, -0.05) is 170 Å². The summed E-state index contributed by atoms with van der Waals surface area (Å²) in [6.07, 6.45) is 6.86. The molecular weight excluding hydrogens is 767 g/mol. The van der Waals surface area contributed by atoms with Gasteiger partial charge in [-0.25, -0.2) is 0 Å². The molecule has 0 fully saturated rings. The number of fused-ring (bicyclic) bond motifs is 10. The molecule has 0 saturated heterocycles. The lowest BCUT2D eigenvalue weighted by atomic mass is 9.85. The van der Waals surface area contributed by atoms with Crippen molar-refractivity contribution in [3.05, 3.63) is 236 Å². The van der Waals surface area contributed by atoms with E-state index in [1.54, 1.807) is 0 Å². The molecule has 2 atom stereocenters. The van der Waals surface area contributed by atoms with Crippen molar-refractivity contribution in [2.24, 2.45) is 0 Å². The average Bonchev–Trinajstić information content (AvgIpc) is 3.91. The second kappa shape index (κ2) is 14.2. The fourth-order valence-electron chi connectivity index (χ4n) is 10.2. The fraction of sp³-hybridized carbons (Fsp3) is 0.0333. The zero-order valence-electron chi connectivity index (χ0n) is 34.3. The summed E-state index contributed by atoms with van der Waals surface area (Å²) in [5.41, 5.74) is 13.2. The number of rotatable bonds is 6. The second-order valence-electron chi connectivity index (χ2n) is 16.7. The van der Waals surface area contributed by atoms with Gasteiger partial charge in [0, 0.05) is 44.8 Å².